The van der Waals surface area contributed by atoms with Gasteiger partial charge in [-0.3, -0.25) is 4.90 Å². The summed E-state index contributed by atoms with van der Waals surface area (Å²) in [7, 11) is 2.20. The van der Waals surface area contributed by atoms with Crippen LogP contribution >= 0.6 is 0 Å². The molecule has 1 aromatic rings. The molecule has 15 heavy (non-hydrogen) atoms. The molecule has 2 atom stereocenters. The summed E-state index contributed by atoms with van der Waals surface area (Å²) >= 11 is 0. The Morgan fingerprint density at radius 3 is 2.60 bits per heavy atom. The minimum atomic E-state index is 0.424. The predicted molar refractivity (Wildman–Crippen MR) is 63.5 cm³/mol. The molecule has 0 heterocycles. The van der Waals surface area contributed by atoms with Crippen LogP contribution in [0.25, 0.3) is 0 Å². The lowest BCUT2D eigenvalue weighted by molar-refractivity contribution is 0.235. The highest BCUT2D eigenvalue weighted by molar-refractivity contribution is 5.14. The van der Waals surface area contributed by atoms with Crippen molar-refractivity contribution in [1.82, 2.24) is 4.90 Å². The van der Waals surface area contributed by atoms with Crippen LogP contribution in [0.4, 0.5) is 0 Å². The third-order valence-corrected chi connectivity index (χ3v) is 3.34. The number of rotatable bonds is 3. The SMILES string of the molecule is CN(Cc1ccccc1)C1CCC(N)C1. The monoisotopic (exact) mass is 204 g/mol. The van der Waals surface area contributed by atoms with Crippen LogP contribution in [0.2, 0.25) is 0 Å². The summed E-state index contributed by atoms with van der Waals surface area (Å²) in [6.45, 7) is 1.04. The fourth-order valence-electron chi connectivity index (χ4n) is 2.39. The number of hydrogen-bond donors (Lipinski definition) is 1. The summed E-state index contributed by atoms with van der Waals surface area (Å²) in [6.07, 6.45) is 3.59. The molecule has 1 saturated carbocycles. The van der Waals surface area contributed by atoms with Crippen molar-refractivity contribution in [2.75, 3.05) is 7.05 Å². The fourth-order valence-corrected chi connectivity index (χ4v) is 2.39. The van der Waals surface area contributed by atoms with Crippen LogP contribution in [-0.4, -0.2) is 24.0 Å². The van der Waals surface area contributed by atoms with E-state index in [-0.39, 0.29) is 0 Å². The van der Waals surface area contributed by atoms with Gasteiger partial charge in [0, 0.05) is 18.6 Å². The van der Waals surface area contributed by atoms with Gasteiger partial charge in [-0.2, -0.15) is 0 Å². The topological polar surface area (TPSA) is 29.3 Å². The van der Waals surface area contributed by atoms with Gasteiger partial charge in [-0.15, -0.1) is 0 Å². The molecule has 2 nitrogen and oxygen atoms in total. The van der Waals surface area contributed by atoms with Crippen LogP contribution in [0.5, 0.6) is 0 Å². The average molecular weight is 204 g/mol. The Morgan fingerprint density at radius 1 is 1.27 bits per heavy atom. The van der Waals surface area contributed by atoms with Gasteiger partial charge in [-0.1, -0.05) is 30.3 Å². The molecule has 0 bridgehead atoms. The van der Waals surface area contributed by atoms with Crippen LogP contribution in [0, 0.1) is 0 Å². The van der Waals surface area contributed by atoms with Crippen molar-refractivity contribution in [2.45, 2.75) is 37.9 Å². The lowest BCUT2D eigenvalue weighted by Gasteiger charge is -2.24. The van der Waals surface area contributed by atoms with Crippen LogP contribution in [0.3, 0.4) is 0 Å². The van der Waals surface area contributed by atoms with E-state index in [0.29, 0.717) is 12.1 Å². The molecule has 1 aliphatic rings. The van der Waals surface area contributed by atoms with E-state index < -0.39 is 0 Å². The second-order valence-electron chi connectivity index (χ2n) is 4.63. The molecule has 0 saturated heterocycles. The van der Waals surface area contributed by atoms with Gasteiger partial charge < -0.3 is 5.73 Å². The van der Waals surface area contributed by atoms with E-state index in [9.17, 15) is 0 Å². The van der Waals surface area contributed by atoms with Crippen molar-refractivity contribution in [2.24, 2.45) is 5.73 Å². The van der Waals surface area contributed by atoms with E-state index in [1.54, 1.807) is 0 Å². The zero-order chi connectivity index (χ0) is 10.7. The van der Waals surface area contributed by atoms with Crippen LogP contribution < -0.4 is 5.73 Å². The first-order chi connectivity index (χ1) is 7.25. The van der Waals surface area contributed by atoms with Gasteiger partial charge in [-0.25, -0.2) is 0 Å². The Hall–Kier alpha value is -0.860. The van der Waals surface area contributed by atoms with E-state index in [4.69, 9.17) is 5.73 Å². The number of hydrogen-bond acceptors (Lipinski definition) is 2. The molecule has 0 aromatic heterocycles. The second kappa shape index (κ2) is 4.77. The zero-order valence-corrected chi connectivity index (χ0v) is 9.39. The Labute approximate surface area is 92.1 Å². The lowest BCUT2D eigenvalue weighted by Crippen LogP contribution is -2.30. The first kappa shape index (κ1) is 10.7. The third kappa shape index (κ3) is 2.80. The quantitative estimate of drug-likeness (QED) is 0.816. The third-order valence-electron chi connectivity index (χ3n) is 3.34. The molecule has 2 unspecified atom stereocenters. The maximum absolute atomic E-state index is 5.93. The van der Waals surface area contributed by atoms with Crippen molar-refractivity contribution in [1.29, 1.82) is 0 Å². The van der Waals surface area contributed by atoms with Crippen molar-refractivity contribution in [3.63, 3.8) is 0 Å². The average Bonchev–Trinajstić information content (AvgIpc) is 2.66. The highest BCUT2D eigenvalue weighted by Gasteiger charge is 2.24. The van der Waals surface area contributed by atoms with Crippen molar-refractivity contribution in [3.8, 4) is 0 Å². The molecule has 1 fully saturated rings. The van der Waals surface area contributed by atoms with Crippen LogP contribution in [0.1, 0.15) is 24.8 Å². The Morgan fingerprint density at radius 2 is 2.00 bits per heavy atom. The molecule has 1 aromatic carbocycles. The molecule has 2 heteroatoms. The molecule has 82 valence electrons. The van der Waals surface area contributed by atoms with Gasteiger partial charge in [0.2, 0.25) is 0 Å². The maximum Gasteiger partial charge on any atom is 0.0233 e. The van der Waals surface area contributed by atoms with E-state index in [0.717, 1.165) is 13.0 Å². The highest BCUT2D eigenvalue weighted by atomic mass is 15.1. The summed E-state index contributed by atoms with van der Waals surface area (Å²) in [5, 5.41) is 0. The largest absolute Gasteiger partial charge is 0.328 e. The Balaban J connectivity index is 1.90. The van der Waals surface area contributed by atoms with Gasteiger partial charge in [-0.05, 0) is 31.9 Å². The normalized spacial score (nSPS) is 26.1. The molecule has 0 radical (unpaired) electrons. The first-order valence-corrected chi connectivity index (χ1v) is 5.75. The van der Waals surface area contributed by atoms with Gasteiger partial charge >= 0.3 is 0 Å². The summed E-state index contributed by atoms with van der Waals surface area (Å²) in [4.78, 5) is 2.43. The Bertz CT molecular complexity index is 297. The summed E-state index contributed by atoms with van der Waals surface area (Å²) < 4.78 is 0. The minimum absolute atomic E-state index is 0.424. The highest BCUT2D eigenvalue weighted by Crippen LogP contribution is 2.22. The van der Waals surface area contributed by atoms with Gasteiger partial charge in [0.25, 0.3) is 0 Å². The smallest absolute Gasteiger partial charge is 0.0233 e. The van der Waals surface area contributed by atoms with Crippen molar-refractivity contribution in [3.05, 3.63) is 35.9 Å². The van der Waals surface area contributed by atoms with E-state index in [1.165, 1.54) is 18.4 Å². The first-order valence-electron chi connectivity index (χ1n) is 5.75. The summed E-state index contributed by atoms with van der Waals surface area (Å²) in [5.41, 5.74) is 7.32. The van der Waals surface area contributed by atoms with Gasteiger partial charge in [0.1, 0.15) is 0 Å². The van der Waals surface area contributed by atoms with Crippen molar-refractivity contribution < 1.29 is 0 Å². The molecular formula is C13H20N2. The Kier molecular flexibility index (Phi) is 3.39. The van der Waals surface area contributed by atoms with Gasteiger partial charge in [0.15, 0.2) is 0 Å². The van der Waals surface area contributed by atoms with Crippen molar-refractivity contribution >= 4 is 0 Å². The number of nitrogens with zero attached hydrogens (tertiary/aromatic N) is 1. The van der Waals surface area contributed by atoms with Crippen LogP contribution in [0.15, 0.2) is 30.3 Å². The fraction of sp³-hybridized carbons (Fsp3) is 0.538. The zero-order valence-electron chi connectivity index (χ0n) is 9.39. The molecule has 0 amide bonds. The molecule has 0 spiro atoms. The van der Waals surface area contributed by atoms with E-state index in [2.05, 4.69) is 42.3 Å². The predicted octanol–water partition coefficient (Wildman–Crippen LogP) is 2.00. The van der Waals surface area contributed by atoms with Crippen LogP contribution in [-0.2, 0) is 6.54 Å². The molecule has 1 aliphatic carbocycles. The summed E-state index contributed by atoms with van der Waals surface area (Å²) in [6, 6.07) is 11.7. The molecule has 2 rings (SSSR count). The van der Waals surface area contributed by atoms with Gasteiger partial charge in [0.05, 0.1) is 0 Å². The molecule has 2 N–H and O–H groups in total. The van der Waals surface area contributed by atoms with E-state index in [1.807, 2.05) is 0 Å². The number of benzene rings is 1. The van der Waals surface area contributed by atoms with E-state index >= 15 is 0 Å². The summed E-state index contributed by atoms with van der Waals surface area (Å²) in [5.74, 6) is 0. The standard InChI is InChI=1S/C13H20N2/c1-15(13-8-7-12(14)9-13)10-11-5-3-2-4-6-11/h2-6,12-13H,7-10,14H2,1H3. The maximum atomic E-state index is 5.93. The number of nitrogens with two attached hydrogens (primary N) is 1. The lowest BCUT2D eigenvalue weighted by atomic mass is 10.1. The second-order valence-corrected chi connectivity index (χ2v) is 4.63. The molecular weight excluding hydrogens is 184 g/mol. The minimum Gasteiger partial charge on any atom is -0.328 e. The molecule has 0 aliphatic heterocycles.